The summed E-state index contributed by atoms with van der Waals surface area (Å²) >= 11 is 0. The third kappa shape index (κ3) is 4.59. The predicted octanol–water partition coefficient (Wildman–Crippen LogP) is -1.16. The van der Waals surface area contributed by atoms with Crippen LogP contribution in [-0.2, 0) is 23.2 Å². The molecular formula is C11H17N5O4. The molecule has 9 heteroatoms. The minimum atomic E-state index is -1.21. The lowest BCUT2D eigenvalue weighted by Crippen LogP contribution is -2.47. The van der Waals surface area contributed by atoms with Crippen molar-refractivity contribution in [1.29, 1.82) is 0 Å². The molecule has 9 nitrogen and oxygen atoms in total. The van der Waals surface area contributed by atoms with E-state index in [0.29, 0.717) is 0 Å². The van der Waals surface area contributed by atoms with E-state index in [1.165, 1.54) is 11.9 Å². The van der Waals surface area contributed by atoms with Crippen LogP contribution in [-0.4, -0.2) is 62.7 Å². The molecule has 1 heterocycles. The smallest absolute Gasteiger partial charge is 0.323 e. The zero-order valence-corrected chi connectivity index (χ0v) is 11.3. The molecule has 0 radical (unpaired) electrons. The van der Waals surface area contributed by atoms with Gasteiger partial charge >= 0.3 is 12.0 Å². The molecule has 0 bridgehead atoms. The van der Waals surface area contributed by atoms with Crippen molar-refractivity contribution in [2.24, 2.45) is 12.8 Å². The highest BCUT2D eigenvalue weighted by Gasteiger charge is 2.22. The maximum Gasteiger partial charge on any atom is 0.323 e. The fraction of sp³-hybridized carbons (Fsp3) is 0.455. The van der Waals surface area contributed by atoms with Crippen LogP contribution in [0.3, 0.4) is 0 Å². The Labute approximate surface area is 115 Å². The van der Waals surface area contributed by atoms with Gasteiger partial charge in [0.25, 0.3) is 0 Å². The Morgan fingerprint density at radius 1 is 1.40 bits per heavy atom. The summed E-state index contributed by atoms with van der Waals surface area (Å²) in [4.78, 5) is 35.8. The van der Waals surface area contributed by atoms with E-state index in [1.54, 1.807) is 24.1 Å². The number of carboxylic acids is 1. The van der Waals surface area contributed by atoms with E-state index in [-0.39, 0.29) is 6.54 Å². The van der Waals surface area contributed by atoms with E-state index in [4.69, 9.17) is 10.8 Å². The van der Waals surface area contributed by atoms with Gasteiger partial charge in [-0.05, 0) is 0 Å². The van der Waals surface area contributed by atoms with Gasteiger partial charge in [0.1, 0.15) is 13.1 Å². The first-order chi connectivity index (χ1) is 9.29. The standard InChI is InChI=1S/C11H17N5O4/c1-14(4-8-3-13-15(2)5-8)11(20)16(6-9(12)17)7-10(18)19/h3,5H,4,6-7H2,1-2H3,(H2,12,17)(H,18,19). The van der Waals surface area contributed by atoms with Gasteiger partial charge in [-0.3, -0.25) is 14.3 Å². The number of carboxylic acid groups (broad SMARTS) is 1. The van der Waals surface area contributed by atoms with Crippen LogP contribution in [0.4, 0.5) is 4.79 Å². The third-order valence-electron chi connectivity index (χ3n) is 2.45. The number of urea groups is 1. The van der Waals surface area contributed by atoms with Crippen molar-refractivity contribution in [3.05, 3.63) is 18.0 Å². The fourth-order valence-electron chi connectivity index (χ4n) is 1.68. The number of nitrogens with two attached hydrogens (primary N) is 1. The quantitative estimate of drug-likeness (QED) is 0.682. The number of hydrogen-bond donors (Lipinski definition) is 2. The molecular weight excluding hydrogens is 266 g/mol. The number of rotatable bonds is 6. The molecule has 0 atom stereocenters. The van der Waals surface area contributed by atoms with Crippen molar-refractivity contribution in [3.8, 4) is 0 Å². The maximum absolute atomic E-state index is 12.1. The SMILES string of the molecule is CN(Cc1cnn(C)c1)C(=O)N(CC(N)=O)CC(=O)O. The normalized spacial score (nSPS) is 10.1. The van der Waals surface area contributed by atoms with Gasteiger partial charge in [0.15, 0.2) is 0 Å². The molecule has 0 saturated carbocycles. The van der Waals surface area contributed by atoms with Gasteiger partial charge in [0.2, 0.25) is 5.91 Å². The average molecular weight is 283 g/mol. The molecule has 110 valence electrons. The zero-order valence-electron chi connectivity index (χ0n) is 11.3. The molecule has 3 N–H and O–H groups in total. The number of carbonyl (C=O) groups excluding carboxylic acids is 2. The largest absolute Gasteiger partial charge is 0.480 e. The highest BCUT2D eigenvalue weighted by molar-refractivity contribution is 5.85. The number of hydrogen-bond acceptors (Lipinski definition) is 4. The highest BCUT2D eigenvalue weighted by atomic mass is 16.4. The van der Waals surface area contributed by atoms with Crippen molar-refractivity contribution >= 4 is 17.9 Å². The van der Waals surface area contributed by atoms with Crippen LogP contribution in [0.1, 0.15) is 5.56 Å². The van der Waals surface area contributed by atoms with Crippen LogP contribution in [0, 0.1) is 0 Å². The van der Waals surface area contributed by atoms with Gasteiger partial charge in [-0.25, -0.2) is 4.79 Å². The molecule has 0 aliphatic heterocycles. The Morgan fingerprint density at radius 2 is 2.05 bits per heavy atom. The molecule has 3 amide bonds. The van der Waals surface area contributed by atoms with Crippen LogP contribution in [0.2, 0.25) is 0 Å². The van der Waals surface area contributed by atoms with Crippen LogP contribution in [0.25, 0.3) is 0 Å². The minimum absolute atomic E-state index is 0.252. The van der Waals surface area contributed by atoms with Gasteiger partial charge in [-0.15, -0.1) is 0 Å². The molecule has 0 aromatic carbocycles. The summed E-state index contributed by atoms with van der Waals surface area (Å²) in [7, 11) is 3.25. The second-order valence-electron chi connectivity index (χ2n) is 4.38. The highest BCUT2D eigenvalue weighted by Crippen LogP contribution is 2.04. The maximum atomic E-state index is 12.1. The van der Waals surface area contributed by atoms with Crippen LogP contribution < -0.4 is 5.73 Å². The molecule has 0 fully saturated rings. The Hall–Kier alpha value is -2.58. The first-order valence-electron chi connectivity index (χ1n) is 5.77. The van der Waals surface area contributed by atoms with Gasteiger partial charge in [-0.1, -0.05) is 0 Å². The van der Waals surface area contributed by atoms with Gasteiger partial charge in [0.05, 0.1) is 12.7 Å². The summed E-state index contributed by atoms with van der Waals surface area (Å²) in [6.45, 7) is -0.775. The molecule has 0 spiro atoms. The van der Waals surface area contributed by atoms with E-state index in [1.807, 2.05) is 0 Å². The van der Waals surface area contributed by atoms with E-state index in [2.05, 4.69) is 5.10 Å². The van der Waals surface area contributed by atoms with Crippen LogP contribution in [0.5, 0.6) is 0 Å². The fourth-order valence-corrected chi connectivity index (χ4v) is 1.68. The van der Waals surface area contributed by atoms with Crippen LogP contribution in [0.15, 0.2) is 12.4 Å². The summed E-state index contributed by atoms with van der Waals surface area (Å²) in [5, 5.41) is 12.7. The molecule has 0 unspecified atom stereocenters. The van der Waals surface area contributed by atoms with E-state index in [0.717, 1.165) is 10.5 Å². The molecule has 1 rings (SSSR count). The number of primary amides is 1. The predicted molar refractivity (Wildman–Crippen MR) is 68.5 cm³/mol. The lowest BCUT2D eigenvalue weighted by molar-refractivity contribution is -0.138. The number of carbonyl (C=O) groups is 3. The summed E-state index contributed by atoms with van der Waals surface area (Å²) in [6.07, 6.45) is 3.33. The van der Waals surface area contributed by atoms with Gasteiger partial charge in [-0.2, -0.15) is 5.10 Å². The van der Waals surface area contributed by atoms with Crippen molar-refractivity contribution in [3.63, 3.8) is 0 Å². The Balaban J connectivity index is 2.71. The second kappa shape index (κ2) is 6.55. The topological polar surface area (TPSA) is 122 Å². The zero-order chi connectivity index (χ0) is 15.3. The van der Waals surface area contributed by atoms with E-state index >= 15 is 0 Å². The van der Waals surface area contributed by atoms with Crippen molar-refractivity contribution < 1.29 is 19.5 Å². The first kappa shape index (κ1) is 15.5. The summed E-state index contributed by atoms with van der Waals surface area (Å²) in [6, 6.07) is -0.588. The lowest BCUT2D eigenvalue weighted by Gasteiger charge is -2.25. The number of amides is 3. The Kier molecular flexibility index (Phi) is 5.07. The Bertz CT molecular complexity index is 497. The number of aliphatic carboxylic acids is 1. The summed E-state index contributed by atoms with van der Waals surface area (Å²) < 4.78 is 1.59. The van der Waals surface area contributed by atoms with Crippen LogP contribution >= 0.6 is 0 Å². The summed E-state index contributed by atoms with van der Waals surface area (Å²) in [5.41, 5.74) is 5.79. The molecule has 20 heavy (non-hydrogen) atoms. The number of aryl methyl sites for hydroxylation is 1. The number of aromatic nitrogens is 2. The molecule has 0 saturated heterocycles. The third-order valence-corrected chi connectivity index (χ3v) is 2.45. The van der Waals surface area contributed by atoms with Gasteiger partial charge < -0.3 is 20.6 Å². The molecule has 0 aliphatic rings. The Morgan fingerprint density at radius 3 is 2.50 bits per heavy atom. The lowest BCUT2D eigenvalue weighted by atomic mass is 10.3. The monoisotopic (exact) mass is 283 g/mol. The number of nitrogens with zero attached hydrogens (tertiary/aromatic N) is 4. The second-order valence-corrected chi connectivity index (χ2v) is 4.38. The summed E-state index contributed by atoms with van der Waals surface area (Å²) in [5.74, 6) is -1.98. The van der Waals surface area contributed by atoms with Crippen molar-refractivity contribution in [2.75, 3.05) is 20.1 Å². The van der Waals surface area contributed by atoms with Crippen molar-refractivity contribution in [2.45, 2.75) is 6.54 Å². The molecule has 0 aliphatic carbocycles. The minimum Gasteiger partial charge on any atom is -0.480 e. The van der Waals surface area contributed by atoms with E-state index in [9.17, 15) is 14.4 Å². The van der Waals surface area contributed by atoms with E-state index < -0.39 is 31.0 Å². The van der Waals surface area contributed by atoms with Crippen molar-refractivity contribution in [1.82, 2.24) is 19.6 Å². The molecule has 1 aromatic heterocycles. The first-order valence-corrected chi connectivity index (χ1v) is 5.77. The average Bonchev–Trinajstić information content (AvgIpc) is 2.71. The van der Waals surface area contributed by atoms with Gasteiger partial charge in [0, 0.05) is 25.9 Å². The molecule has 1 aromatic rings.